The van der Waals surface area contributed by atoms with Crippen molar-refractivity contribution < 1.29 is 14.1 Å². The lowest BCUT2D eigenvalue weighted by Gasteiger charge is -2.26. The lowest BCUT2D eigenvalue weighted by atomic mass is 10.1. The molecular formula is C23H28N4O5. The lowest BCUT2D eigenvalue weighted by Crippen LogP contribution is -2.38. The number of benzene rings is 2. The third-order valence-corrected chi connectivity index (χ3v) is 5.52. The van der Waals surface area contributed by atoms with Crippen LogP contribution in [-0.2, 0) is 11.3 Å². The number of rotatable bonds is 11. The second-order valence-corrected chi connectivity index (χ2v) is 7.55. The third kappa shape index (κ3) is 5.61. The van der Waals surface area contributed by atoms with Gasteiger partial charge in [0.15, 0.2) is 5.58 Å². The lowest BCUT2D eigenvalue weighted by molar-refractivity contribution is -0.384. The fourth-order valence-electron chi connectivity index (χ4n) is 3.70. The highest BCUT2D eigenvalue weighted by Gasteiger charge is 2.18. The molecule has 1 aromatic heterocycles. The van der Waals surface area contributed by atoms with Gasteiger partial charge in [0.2, 0.25) is 5.91 Å². The maximum atomic E-state index is 12.7. The van der Waals surface area contributed by atoms with Crippen LogP contribution >= 0.6 is 0 Å². The predicted octanol–water partition coefficient (Wildman–Crippen LogP) is 3.48. The summed E-state index contributed by atoms with van der Waals surface area (Å²) in [7, 11) is 0. The van der Waals surface area contributed by atoms with Gasteiger partial charge in [-0.1, -0.05) is 44.2 Å². The molecule has 0 fully saturated rings. The highest BCUT2D eigenvalue weighted by molar-refractivity contribution is 5.77. The number of nitro groups is 1. The number of non-ortho nitro benzene ring substituents is 1. The van der Waals surface area contributed by atoms with Crippen molar-refractivity contribution in [1.82, 2.24) is 14.8 Å². The van der Waals surface area contributed by atoms with Gasteiger partial charge in [0.1, 0.15) is 0 Å². The average Bonchev–Trinajstić information content (AvgIpc) is 3.11. The van der Waals surface area contributed by atoms with Gasteiger partial charge in [-0.15, -0.1) is 0 Å². The van der Waals surface area contributed by atoms with Gasteiger partial charge in [-0.2, -0.15) is 0 Å². The summed E-state index contributed by atoms with van der Waals surface area (Å²) >= 11 is 0. The zero-order chi connectivity index (χ0) is 23.1. The van der Waals surface area contributed by atoms with Gasteiger partial charge >= 0.3 is 5.76 Å². The number of aryl methyl sites for hydroxylation is 1. The number of amides is 1. The van der Waals surface area contributed by atoms with Crippen LogP contribution in [0.1, 0.15) is 38.3 Å². The van der Waals surface area contributed by atoms with E-state index < -0.39 is 10.7 Å². The molecular weight excluding hydrogens is 412 g/mol. The Morgan fingerprint density at radius 1 is 1.19 bits per heavy atom. The first-order valence-electron chi connectivity index (χ1n) is 10.8. The minimum Gasteiger partial charge on any atom is -0.407 e. The number of nitrogens with zero attached hydrogens (tertiary/aromatic N) is 3. The minimum absolute atomic E-state index is 0.0949. The van der Waals surface area contributed by atoms with E-state index in [9.17, 15) is 19.7 Å². The van der Waals surface area contributed by atoms with Gasteiger partial charge in [-0.25, -0.2) is 4.79 Å². The number of nitro benzene ring substituents is 1. The summed E-state index contributed by atoms with van der Waals surface area (Å²) in [6, 6.07) is 13.8. The summed E-state index contributed by atoms with van der Waals surface area (Å²) in [6.07, 6.45) is 0.678. The Morgan fingerprint density at radius 2 is 1.91 bits per heavy atom. The normalized spacial score (nSPS) is 12.2. The molecule has 0 aliphatic carbocycles. The fraction of sp³-hybridized carbons (Fsp3) is 0.391. The molecule has 0 radical (unpaired) electrons. The Bertz CT molecular complexity index is 1120. The number of fused-ring (bicyclic) bond motifs is 1. The van der Waals surface area contributed by atoms with Crippen molar-refractivity contribution in [3.05, 3.63) is 74.8 Å². The second-order valence-electron chi connectivity index (χ2n) is 7.55. The van der Waals surface area contributed by atoms with Crippen molar-refractivity contribution >= 4 is 22.7 Å². The number of oxazole rings is 1. The van der Waals surface area contributed by atoms with Crippen LogP contribution in [-0.4, -0.2) is 39.9 Å². The first-order chi connectivity index (χ1) is 15.4. The summed E-state index contributed by atoms with van der Waals surface area (Å²) < 4.78 is 6.53. The van der Waals surface area contributed by atoms with Crippen molar-refractivity contribution in [2.24, 2.45) is 0 Å². The zero-order valence-corrected chi connectivity index (χ0v) is 18.3. The number of nitrogens with one attached hydrogen (secondary N) is 1. The number of carbonyl (C=O) groups excluding carboxylic acids is 1. The Balaban J connectivity index is 1.64. The van der Waals surface area contributed by atoms with E-state index >= 15 is 0 Å². The van der Waals surface area contributed by atoms with Crippen LogP contribution in [0.5, 0.6) is 0 Å². The van der Waals surface area contributed by atoms with Crippen LogP contribution in [0.25, 0.3) is 11.1 Å². The number of aromatic nitrogens is 1. The molecule has 0 aliphatic rings. The van der Waals surface area contributed by atoms with E-state index in [-0.39, 0.29) is 36.2 Å². The van der Waals surface area contributed by atoms with Gasteiger partial charge in [-0.3, -0.25) is 19.5 Å². The van der Waals surface area contributed by atoms with Crippen LogP contribution < -0.4 is 11.1 Å². The summed E-state index contributed by atoms with van der Waals surface area (Å²) in [4.78, 5) is 37.5. The van der Waals surface area contributed by atoms with Gasteiger partial charge in [0, 0.05) is 25.6 Å². The number of hydrogen-bond acceptors (Lipinski definition) is 6. The van der Waals surface area contributed by atoms with Crippen molar-refractivity contribution in [3.8, 4) is 0 Å². The second kappa shape index (κ2) is 10.7. The molecule has 3 aromatic rings. The van der Waals surface area contributed by atoms with Crippen LogP contribution in [0.2, 0.25) is 0 Å². The summed E-state index contributed by atoms with van der Waals surface area (Å²) in [6.45, 7) is 6.97. The smallest absolute Gasteiger partial charge is 0.407 e. The molecule has 0 aliphatic heterocycles. The van der Waals surface area contributed by atoms with Crippen molar-refractivity contribution in [2.45, 2.75) is 39.3 Å². The first kappa shape index (κ1) is 23.2. The van der Waals surface area contributed by atoms with E-state index in [4.69, 9.17) is 4.42 Å². The van der Waals surface area contributed by atoms with Crippen molar-refractivity contribution in [1.29, 1.82) is 0 Å². The Hall–Kier alpha value is -3.46. The average molecular weight is 441 g/mol. The van der Waals surface area contributed by atoms with Gasteiger partial charge in [0.05, 0.1) is 22.5 Å². The maximum Gasteiger partial charge on any atom is 0.419 e. The molecule has 2 aromatic carbocycles. The molecule has 1 heterocycles. The van der Waals surface area contributed by atoms with E-state index in [1.54, 1.807) is 0 Å². The van der Waals surface area contributed by atoms with E-state index in [0.717, 1.165) is 18.7 Å². The molecule has 9 heteroatoms. The molecule has 170 valence electrons. The summed E-state index contributed by atoms with van der Waals surface area (Å²) in [5.41, 5.74) is 1.55. The molecule has 32 heavy (non-hydrogen) atoms. The molecule has 0 spiro atoms. The standard InChI is InChI=1S/C23H28N4O5/c1-3-25(4-2)16-19(17-9-6-5-7-10-17)24-22(28)11-8-14-26-20-13-12-18(27(30)31)15-21(20)32-23(26)29/h5-7,9-10,12-13,15,19H,3-4,8,11,14,16H2,1-2H3,(H,24,28)/t19-/m1/s1. The Kier molecular flexibility index (Phi) is 7.77. The van der Waals surface area contributed by atoms with E-state index in [0.29, 0.717) is 18.5 Å². The summed E-state index contributed by atoms with van der Waals surface area (Å²) in [5, 5.41) is 14.0. The number of hydrogen-bond donors (Lipinski definition) is 1. The highest BCUT2D eigenvalue weighted by Crippen LogP contribution is 2.20. The molecule has 1 N–H and O–H groups in total. The van der Waals surface area contributed by atoms with E-state index in [2.05, 4.69) is 24.1 Å². The first-order valence-corrected chi connectivity index (χ1v) is 10.8. The molecule has 0 unspecified atom stereocenters. The van der Waals surface area contributed by atoms with Crippen LogP contribution in [0.4, 0.5) is 5.69 Å². The SMILES string of the molecule is CCN(CC)C[C@@H](NC(=O)CCCn1c(=O)oc2cc([N+](=O)[O-])ccc21)c1ccccc1. The zero-order valence-electron chi connectivity index (χ0n) is 18.3. The monoisotopic (exact) mass is 440 g/mol. The van der Waals surface area contributed by atoms with Gasteiger partial charge in [0.25, 0.3) is 5.69 Å². The van der Waals surface area contributed by atoms with Crippen LogP contribution in [0, 0.1) is 10.1 Å². The number of likely N-dealkylation sites (N-methyl/N-ethyl adjacent to an activating group) is 1. The quantitative estimate of drug-likeness (QED) is 0.361. The molecule has 1 amide bonds. The molecule has 1 atom stereocenters. The molecule has 0 saturated carbocycles. The largest absolute Gasteiger partial charge is 0.419 e. The highest BCUT2D eigenvalue weighted by atomic mass is 16.6. The molecule has 0 saturated heterocycles. The Morgan fingerprint density at radius 3 is 2.56 bits per heavy atom. The molecule has 3 rings (SSSR count). The third-order valence-electron chi connectivity index (χ3n) is 5.52. The van der Waals surface area contributed by atoms with E-state index in [1.807, 2.05) is 30.3 Å². The van der Waals surface area contributed by atoms with Gasteiger partial charge in [-0.05, 0) is 31.1 Å². The Labute approximate surface area is 185 Å². The summed E-state index contributed by atoms with van der Waals surface area (Å²) in [5.74, 6) is -0.688. The molecule has 0 bridgehead atoms. The minimum atomic E-state index is -0.593. The van der Waals surface area contributed by atoms with Gasteiger partial charge < -0.3 is 14.6 Å². The maximum absolute atomic E-state index is 12.7. The fourth-order valence-corrected chi connectivity index (χ4v) is 3.70. The topological polar surface area (TPSA) is 111 Å². The van der Waals surface area contributed by atoms with Crippen molar-refractivity contribution in [3.63, 3.8) is 0 Å². The van der Waals surface area contributed by atoms with E-state index in [1.165, 1.54) is 22.8 Å². The predicted molar refractivity (Wildman–Crippen MR) is 121 cm³/mol. The molecule has 9 nitrogen and oxygen atoms in total. The number of carbonyl (C=O) groups is 1. The van der Waals surface area contributed by atoms with Crippen molar-refractivity contribution in [2.75, 3.05) is 19.6 Å². The van der Waals surface area contributed by atoms with Crippen LogP contribution in [0.15, 0.2) is 57.7 Å². The van der Waals surface area contributed by atoms with Crippen LogP contribution in [0.3, 0.4) is 0 Å².